The fourth-order valence-electron chi connectivity index (χ4n) is 2.90. The van der Waals surface area contributed by atoms with Crippen molar-refractivity contribution in [1.82, 2.24) is 0 Å². The van der Waals surface area contributed by atoms with E-state index in [-0.39, 0.29) is 24.8 Å². The topological polar surface area (TPSA) is 77.1 Å². The average Bonchev–Trinajstić information content (AvgIpc) is 2.70. The standard InChI is InChI=1S/C21H24N2O5/c1-15-21(25)23(18-5-3-4-6-19(18)28-15)12-11-20(24)22-16-7-9-17(10-8-16)27-14-13-26-2/h3-10,15H,11-14H2,1-2H3,(H,22,24). The predicted molar refractivity (Wildman–Crippen MR) is 106 cm³/mol. The number of fused-ring (bicyclic) bond motifs is 1. The number of anilines is 2. The molecule has 1 N–H and O–H groups in total. The van der Waals surface area contributed by atoms with Crippen molar-refractivity contribution in [3.63, 3.8) is 0 Å². The number of carbonyl (C=O) groups is 2. The van der Waals surface area contributed by atoms with Crippen molar-refractivity contribution < 1.29 is 23.8 Å². The zero-order valence-electron chi connectivity index (χ0n) is 16.0. The van der Waals surface area contributed by atoms with Crippen molar-refractivity contribution in [2.75, 3.05) is 37.1 Å². The van der Waals surface area contributed by atoms with Crippen LogP contribution in [0.2, 0.25) is 0 Å². The first-order valence-electron chi connectivity index (χ1n) is 9.17. The van der Waals surface area contributed by atoms with Crippen LogP contribution >= 0.6 is 0 Å². The highest BCUT2D eigenvalue weighted by atomic mass is 16.5. The largest absolute Gasteiger partial charge is 0.491 e. The van der Waals surface area contributed by atoms with Crippen molar-refractivity contribution in [2.45, 2.75) is 19.4 Å². The summed E-state index contributed by atoms with van der Waals surface area (Å²) in [6, 6.07) is 14.5. The van der Waals surface area contributed by atoms with E-state index in [1.165, 1.54) is 0 Å². The van der Waals surface area contributed by atoms with Crippen LogP contribution in [0.25, 0.3) is 0 Å². The Labute approximate surface area is 164 Å². The lowest BCUT2D eigenvalue weighted by Crippen LogP contribution is -2.45. The van der Waals surface area contributed by atoms with E-state index in [2.05, 4.69) is 5.32 Å². The zero-order valence-corrected chi connectivity index (χ0v) is 16.0. The molecular weight excluding hydrogens is 360 g/mol. The molecule has 7 heteroatoms. The molecule has 1 aliphatic rings. The zero-order chi connectivity index (χ0) is 19.9. The van der Waals surface area contributed by atoms with Crippen LogP contribution in [0.15, 0.2) is 48.5 Å². The van der Waals surface area contributed by atoms with Gasteiger partial charge in [-0.05, 0) is 43.3 Å². The molecule has 1 aliphatic heterocycles. The summed E-state index contributed by atoms with van der Waals surface area (Å²) in [5.74, 6) is 1.04. The number of ether oxygens (including phenoxy) is 3. The number of para-hydroxylation sites is 2. The quantitative estimate of drug-likeness (QED) is 0.708. The number of methoxy groups -OCH3 is 1. The van der Waals surface area contributed by atoms with Crippen LogP contribution in [0.3, 0.4) is 0 Å². The van der Waals surface area contributed by atoms with E-state index in [0.717, 1.165) is 0 Å². The second-order valence-electron chi connectivity index (χ2n) is 6.38. The van der Waals surface area contributed by atoms with Gasteiger partial charge in [0, 0.05) is 25.8 Å². The lowest BCUT2D eigenvalue weighted by molar-refractivity contribution is -0.125. The Bertz CT molecular complexity index is 822. The molecule has 0 bridgehead atoms. The van der Waals surface area contributed by atoms with Gasteiger partial charge in [-0.3, -0.25) is 9.59 Å². The number of amides is 2. The molecular formula is C21H24N2O5. The molecule has 0 fully saturated rings. The van der Waals surface area contributed by atoms with Gasteiger partial charge in [-0.2, -0.15) is 0 Å². The normalized spacial score (nSPS) is 15.6. The second kappa shape index (κ2) is 9.23. The monoisotopic (exact) mass is 384 g/mol. The van der Waals surface area contributed by atoms with Crippen LogP contribution in [-0.4, -0.2) is 44.8 Å². The Morgan fingerprint density at radius 2 is 1.89 bits per heavy atom. The first-order valence-corrected chi connectivity index (χ1v) is 9.17. The summed E-state index contributed by atoms with van der Waals surface area (Å²) in [5.41, 5.74) is 1.36. The molecule has 2 aromatic carbocycles. The van der Waals surface area contributed by atoms with Crippen LogP contribution in [0.1, 0.15) is 13.3 Å². The molecule has 0 aliphatic carbocycles. The molecule has 0 aromatic heterocycles. The summed E-state index contributed by atoms with van der Waals surface area (Å²) < 4.78 is 16.0. The Morgan fingerprint density at radius 1 is 1.14 bits per heavy atom. The minimum absolute atomic E-state index is 0.149. The van der Waals surface area contributed by atoms with Gasteiger partial charge in [0.15, 0.2) is 6.10 Å². The highest BCUT2D eigenvalue weighted by molar-refractivity contribution is 6.00. The fraction of sp³-hybridized carbons (Fsp3) is 0.333. The summed E-state index contributed by atoms with van der Waals surface area (Å²) in [4.78, 5) is 26.4. The maximum atomic E-state index is 12.5. The molecule has 2 amide bonds. The van der Waals surface area contributed by atoms with E-state index in [0.29, 0.717) is 36.1 Å². The smallest absolute Gasteiger partial charge is 0.267 e. The number of benzene rings is 2. The van der Waals surface area contributed by atoms with E-state index < -0.39 is 6.10 Å². The van der Waals surface area contributed by atoms with Gasteiger partial charge in [-0.25, -0.2) is 0 Å². The van der Waals surface area contributed by atoms with Crippen molar-refractivity contribution in [3.05, 3.63) is 48.5 Å². The van der Waals surface area contributed by atoms with Gasteiger partial charge in [0.05, 0.1) is 12.3 Å². The molecule has 1 heterocycles. The van der Waals surface area contributed by atoms with E-state index in [4.69, 9.17) is 14.2 Å². The van der Waals surface area contributed by atoms with Crippen LogP contribution in [-0.2, 0) is 14.3 Å². The third-order valence-electron chi connectivity index (χ3n) is 4.33. The maximum absolute atomic E-state index is 12.5. The van der Waals surface area contributed by atoms with Gasteiger partial charge in [-0.15, -0.1) is 0 Å². The Kier molecular flexibility index (Phi) is 6.49. The third kappa shape index (κ3) is 4.80. The highest BCUT2D eigenvalue weighted by Crippen LogP contribution is 2.33. The molecule has 0 saturated carbocycles. The molecule has 0 radical (unpaired) electrons. The Morgan fingerprint density at radius 3 is 2.64 bits per heavy atom. The van der Waals surface area contributed by atoms with Crippen molar-refractivity contribution >= 4 is 23.2 Å². The Hall–Kier alpha value is -3.06. The third-order valence-corrected chi connectivity index (χ3v) is 4.33. The number of nitrogens with zero attached hydrogens (tertiary/aromatic N) is 1. The number of carbonyl (C=O) groups excluding carboxylic acids is 2. The summed E-state index contributed by atoms with van der Waals surface area (Å²) >= 11 is 0. The minimum Gasteiger partial charge on any atom is -0.491 e. The number of rotatable bonds is 8. The minimum atomic E-state index is -0.566. The summed E-state index contributed by atoms with van der Waals surface area (Å²) in [6.45, 7) is 2.98. The maximum Gasteiger partial charge on any atom is 0.267 e. The Balaban J connectivity index is 1.55. The molecule has 3 rings (SSSR count). The van der Waals surface area contributed by atoms with Crippen LogP contribution in [0.4, 0.5) is 11.4 Å². The van der Waals surface area contributed by atoms with E-state index in [1.54, 1.807) is 43.2 Å². The van der Waals surface area contributed by atoms with Gasteiger partial charge in [-0.1, -0.05) is 12.1 Å². The molecule has 0 saturated heterocycles. The van der Waals surface area contributed by atoms with Crippen LogP contribution in [0.5, 0.6) is 11.5 Å². The first kappa shape index (κ1) is 19.7. The molecule has 0 spiro atoms. The molecule has 2 aromatic rings. The molecule has 28 heavy (non-hydrogen) atoms. The first-order chi connectivity index (χ1) is 13.6. The summed E-state index contributed by atoms with van der Waals surface area (Å²) in [6.07, 6.45) is -0.387. The second-order valence-corrected chi connectivity index (χ2v) is 6.38. The summed E-state index contributed by atoms with van der Waals surface area (Å²) in [5, 5.41) is 2.84. The average molecular weight is 384 g/mol. The SMILES string of the molecule is COCCOc1ccc(NC(=O)CCN2C(=O)C(C)Oc3ccccc32)cc1. The van der Waals surface area contributed by atoms with Crippen molar-refractivity contribution in [1.29, 1.82) is 0 Å². The lowest BCUT2D eigenvalue weighted by atomic mass is 10.1. The number of nitrogens with one attached hydrogen (secondary N) is 1. The van der Waals surface area contributed by atoms with Gasteiger partial charge in [0.25, 0.3) is 5.91 Å². The van der Waals surface area contributed by atoms with Crippen LogP contribution in [0, 0.1) is 0 Å². The van der Waals surface area contributed by atoms with E-state index in [1.807, 2.05) is 24.3 Å². The predicted octanol–water partition coefficient (Wildman–Crippen LogP) is 2.85. The van der Waals surface area contributed by atoms with Crippen molar-refractivity contribution in [3.8, 4) is 11.5 Å². The van der Waals surface area contributed by atoms with Gasteiger partial charge >= 0.3 is 0 Å². The fourth-order valence-corrected chi connectivity index (χ4v) is 2.90. The number of hydrogen-bond acceptors (Lipinski definition) is 5. The van der Waals surface area contributed by atoms with Crippen LogP contribution < -0.4 is 19.7 Å². The molecule has 1 unspecified atom stereocenters. The van der Waals surface area contributed by atoms with Gasteiger partial charge in [0.2, 0.25) is 5.91 Å². The molecule has 148 valence electrons. The lowest BCUT2D eigenvalue weighted by Gasteiger charge is -2.32. The van der Waals surface area contributed by atoms with Crippen molar-refractivity contribution in [2.24, 2.45) is 0 Å². The van der Waals surface area contributed by atoms with E-state index >= 15 is 0 Å². The summed E-state index contributed by atoms with van der Waals surface area (Å²) in [7, 11) is 1.62. The molecule has 7 nitrogen and oxygen atoms in total. The van der Waals surface area contributed by atoms with Gasteiger partial charge in [0.1, 0.15) is 18.1 Å². The van der Waals surface area contributed by atoms with E-state index in [9.17, 15) is 9.59 Å². The molecule has 1 atom stereocenters. The highest BCUT2D eigenvalue weighted by Gasteiger charge is 2.31. The number of hydrogen-bond donors (Lipinski definition) is 1. The van der Waals surface area contributed by atoms with Gasteiger partial charge < -0.3 is 24.4 Å².